The number of imide groups is 1. The summed E-state index contributed by atoms with van der Waals surface area (Å²) >= 11 is 0. The van der Waals surface area contributed by atoms with Crippen LogP contribution in [-0.2, 0) is 0 Å². The lowest BCUT2D eigenvalue weighted by Crippen LogP contribution is -2.58. The van der Waals surface area contributed by atoms with E-state index in [-0.39, 0.29) is 11.1 Å². The number of aliphatic hydroxyl groups is 2. The number of hydrogen-bond acceptors (Lipinski definition) is 5. The Labute approximate surface area is 116 Å². The normalized spacial score (nSPS) is 20.4. The van der Waals surface area contributed by atoms with Crippen molar-refractivity contribution in [1.29, 1.82) is 0 Å². The molecule has 0 radical (unpaired) electrons. The summed E-state index contributed by atoms with van der Waals surface area (Å²) in [5.74, 6) is -4.26. The van der Waals surface area contributed by atoms with Gasteiger partial charge in [-0.2, -0.15) is 0 Å². The number of carbonyl (C=O) groups is 2. The van der Waals surface area contributed by atoms with E-state index in [4.69, 9.17) is 0 Å². The van der Waals surface area contributed by atoms with Gasteiger partial charge in [-0.3, -0.25) is 9.59 Å². The van der Waals surface area contributed by atoms with Crippen LogP contribution >= 0.6 is 0 Å². The van der Waals surface area contributed by atoms with Crippen LogP contribution in [0, 0.1) is 5.92 Å². The molecule has 2 amide bonds. The molecule has 1 fully saturated rings. The van der Waals surface area contributed by atoms with Crippen molar-refractivity contribution in [2.45, 2.75) is 18.8 Å². The molecule has 0 spiro atoms. The Bertz CT molecular complexity index is 529. The minimum absolute atomic E-state index is 0.221. The number of amides is 2. The molecular weight excluding hydrogens is 260 g/mol. The van der Waals surface area contributed by atoms with Gasteiger partial charge in [0.2, 0.25) is 0 Å². The fourth-order valence-electron chi connectivity index (χ4n) is 2.88. The van der Waals surface area contributed by atoms with Crippen molar-refractivity contribution in [3.63, 3.8) is 0 Å². The molecule has 0 aromatic heterocycles. The average Bonchev–Trinajstić information content (AvgIpc) is 2.73. The molecule has 1 aromatic rings. The van der Waals surface area contributed by atoms with Gasteiger partial charge in [0.15, 0.2) is 0 Å². The highest BCUT2D eigenvalue weighted by atomic mass is 16.5. The summed E-state index contributed by atoms with van der Waals surface area (Å²) in [4.78, 5) is 25.1. The van der Waals surface area contributed by atoms with Crippen LogP contribution in [0.2, 0.25) is 0 Å². The zero-order chi connectivity index (χ0) is 14.3. The third-order valence-corrected chi connectivity index (χ3v) is 4.01. The molecule has 6 nitrogen and oxygen atoms in total. The first-order valence-electron chi connectivity index (χ1n) is 6.67. The van der Waals surface area contributed by atoms with Crippen LogP contribution in [0.1, 0.15) is 33.6 Å². The van der Waals surface area contributed by atoms with Gasteiger partial charge in [0.25, 0.3) is 17.7 Å². The highest BCUT2D eigenvalue weighted by Gasteiger charge is 2.51. The summed E-state index contributed by atoms with van der Waals surface area (Å²) in [6, 6.07) is 6.34. The van der Waals surface area contributed by atoms with Gasteiger partial charge < -0.3 is 15.5 Å². The number of piperidine rings is 1. The van der Waals surface area contributed by atoms with Gasteiger partial charge in [-0.05, 0) is 38.1 Å². The number of carbonyl (C=O) groups excluding carboxylic acids is 2. The molecule has 2 aliphatic rings. The molecule has 2 heterocycles. The van der Waals surface area contributed by atoms with Crippen molar-refractivity contribution in [1.82, 2.24) is 10.2 Å². The Balaban J connectivity index is 1.95. The van der Waals surface area contributed by atoms with Crippen molar-refractivity contribution in [3.8, 4) is 0 Å². The maximum absolute atomic E-state index is 12.3. The second kappa shape index (κ2) is 4.66. The summed E-state index contributed by atoms with van der Waals surface area (Å²) in [6.07, 6.45) is 1.00. The van der Waals surface area contributed by atoms with E-state index in [0.29, 0.717) is 30.8 Å². The second-order valence-corrected chi connectivity index (χ2v) is 5.20. The van der Waals surface area contributed by atoms with Crippen LogP contribution < -0.4 is 5.32 Å². The molecule has 0 atom stereocenters. The van der Waals surface area contributed by atoms with Crippen molar-refractivity contribution >= 4 is 11.8 Å². The van der Waals surface area contributed by atoms with E-state index in [1.165, 1.54) is 12.1 Å². The quantitative estimate of drug-likeness (QED) is 0.519. The smallest absolute Gasteiger partial charge is 0.265 e. The average molecular weight is 276 g/mol. The van der Waals surface area contributed by atoms with Gasteiger partial charge >= 0.3 is 0 Å². The van der Waals surface area contributed by atoms with Crippen molar-refractivity contribution in [2.24, 2.45) is 5.92 Å². The molecule has 20 heavy (non-hydrogen) atoms. The third kappa shape index (κ3) is 1.84. The molecule has 1 aromatic carbocycles. The summed E-state index contributed by atoms with van der Waals surface area (Å²) in [6.45, 7) is 1.27. The zero-order valence-corrected chi connectivity index (χ0v) is 10.9. The molecule has 0 bridgehead atoms. The topological polar surface area (TPSA) is 89.9 Å². The first-order valence-corrected chi connectivity index (χ1v) is 6.67. The van der Waals surface area contributed by atoms with Crippen molar-refractivity contribution in [2.75, 3.05) is 13.1 Å². The fraction of sp³-hybridized carbons (Fsp3) is 0.429. The van der Waals surface area contributed by atoms with Crippen LogP contribution in [0.15, 0.2) is 24.3 Å². The summed E-state index contributed by atoms with van der Waals surface area (Å²) in [5.41, 5.74) is 0.442. The van der Waals surface area contributed by atoms with E-state index in [0.717, 1.165) is 0 Å². The van der Waals surface area contributed by atoms with Crippen LogP contribution in [-0.4, -0.2) is 45.9 Å². The minimum Gasteiger partial charge on any atom is -0.348 e. The van der Waals surface area contributed by atoms with Crippen molar-refractivity contribution < 1.29 is 19.8 Å². The zero-order valence-electron chi connectivity index (χ0n) is 10.9. The second-order valence-electron chi connectivity index (χ2n) is 5.20. The summed E-state index contributed by atoms with van der Waals surface area (Å²) in [7, 11) is 0. The third-order valence-electron chi connectivity index (χ3n) is 4.01. The molecule has 3 N–H and O–H groups in total. The number of nitrogens with one attached hydrogen (secondary N) is 1. The van der Waals surface area contributed by atoms with Gasteiger partial charge in [0, 0.05) is 5.92 Å². The monoisotopic (exact) mass is 276 g/mol. The van der Waals surface area contributed by atoms with Crippen LogP contribution in [0.4, 0.5) is 0 Å². The van der Waals surface area contributed by atoms with E-state index in [1.54, 1.807) is 12.1 Å². The summed E-state index contributed by atoms with van der Waals surface area (Å²) < 4.78 is 0. The lowest BCUT2D eigenvalue weighted by Gasteiger charge is -2.38. The molecule has 0 aliphatic carbocycles. The van der Waals surface area contributed by atoms with Crippen molar-refractivity contribution in [3.05, 3.63) is 35.4 Å². The maximum Gasteiger partial charge on any atom is 0.265 e. The van der Waals surface area contributed by atoms with Gasteiger partial charge in [-0.25, -0.2) is 4.90 Å². The molecule has 2 aliphatic heterocycles. The number of fused-ring (bicyclic) bond motifs is 1. The Morgan fingerprint density at radius 3 is 2.05 bits per heavy atom. The Kier molecular flexibility index (Phi) is 3.08. The number of nitrogens with zero attached hydrogens (tertiary/aromatic N) is 1. The number of hydrogen-bond donors (Lipinski definition) is 3. The van der Waals surface area contributed by atoms with E-state index in [1.807, 2.05) is 0 Å². The Morgan fingerprint density at radius 1 is 1.05 bits per heavy atom. The predicted molar refractivity (Wildman–Crippen MR) is 69.7 cm³/mol. The van der Waals surface area contributed by atoms with E-state index < -0.39 is 23.6 Å². The van der Waals surface area contributed by atoms with Crippen LogP contribution in [0.25, 0.3) is 0 Å². The van der Waals surface area contributed by atoms with Gasteiger partial charge in [-0.1, -0.05) is 12.1 Å². The highest BCUT2D eigenvalue weighted by molar-refractivity contribution is 6.21. The van der Waals surface area contributed by atoms with E-state index >= 15 is 0 Å². The fourth-order valence-corrected chi connectivity index (χ4v) is 2.88. The van der Waals surface area contributed by atoms with Gasteiger partial charge in [-0.15, -0.1) is 0 Å². The lowest BCUT2D eigenvalue weighted by atomic mass is 9.93. The van der Waals surface area contributed by atoms with E-state index in [9.17, 15) is 19.8 Å². The largest absolute Gasteiger partial charge is 0.348 e. The van der Waals surface area contributed by atoms with Crippen LogP contribution in [0.3, 0.4) is 0 Å². The lowest BCUT2D eigenvalue weighted by molar-refractivity contribution is -0.266. The molecule has 0 unspecified atom stereocenters. The molecule has 0 saturated carbocycles. The SMILES string of the molecule is O=C1c2ccccc2C(=O)N1C(O)(O)C1CCNCC1. The van der Waals surface area contributed by atoms with Crippen LogP contribution in [0.5, 0.6) is 0 Å². The first-order chi connectivity index (χ1) is 9.53. The molecule has 3 rings (SSSR count). The summed E-state index contributed by atoms with van der Waals surface area (Å²) in [5, 5.41) is 23.8. The number of rotatable bonds is 2. The first kappa shape index (κ1) is 13.2. The van der Waals surface area contributed by atoms with Gasteiger partial charge in [0.1, 0.15) is 0 Å². The molecule has 106 valence electrons. The minimum atomic E-state index is -2.44. The van der Waals surface area contributed by atoms with Gasteiger partial charge in [0.05, 0.1) is 11.1 Å². The number of benzene rings is 1. The molecule has 6 heteroatoms. The standard InChI is InChI=1S/C14H16N2O4/c17-12-10-3-1-2-4-11(10)13(18)16(12)14(19,20)9-5-7-15-8-6-9/h1-4,9,15,19-20H,5-8H2. The Morgan fingerprint density at radius 2 is 1.55 bits per heavy atom. The molecule has 1 saturated heterocycles. The molecular formula is C14H16N2O4. The van der Waals surface area contributed by atoms with E-state index in [2.05, 4.69) is 5.32 Å². The highest BCUT2D eigenvalue weighted by Crippen LogP contribution is 2.34. The Hall–Kier alpha value is -1.76. The predicted octanol–water partition coefficient (Wildman–Crippen LogP) is -0.0794. The maximum atomic E-state index is 12.3.